The second kappa shape index (κ2) is 5.09. The van der Waals surface area contributed by atoms with Crippen molar-refractivity contribution in [2.45, 2.75) is 58.9 Å². The smallest absolute Gasteiger partial charge is 0.119 e. The Kier molecular flexibility index (Phi) is 4.21. The molecule has 0 heterocycles. The van der Waals surface area contributed by atoms with E-state index in [1.165, 1.54) is 5.56 Å². The summed E-state index contributed by atoms with van der Waals surface area (Å²) in [6.45, 7) is 11.2. The monoisotopic (exact) mass is 235 g/mol. The number of benzene rings is 1. The molecule has 1 aromatic rings. The van der Waals surface area contributed by atoms with Crippen LogP contribution in [0.2, 0.25) is 0 Å². The van der Waals surface area contributed by atoms with Crippen LogP contribution in [0.4, 0.5) is 0 Å². The van der Waals surface area contributed by atoms with Crippen molar-refractivity contribution >= 4 is 0 Å². The first-order valence-corrected chi connectivity index (χ1v) is 6.37. The van der Waals surface area contributed by atoms with Crippen molar-refractivity contribution in [3.05, 3.63) is 28.8 Å². The van der Waals surface area contributed by atoms with Crippen molar-refractivity contribution in [1.82, 2.24) is 0 Å². The molecule has 0 spiro atoms. The normalized spacial score (nSPS) is 13.8. The van der Waals surface area contributed by atoms with Gasteiger partial charge in [-0.2, -0.15) is 0 Å². The minimum absolute atomic E-state index is 0.0422. The third kappa shape index (κ3) is 3.01. The Hall–Kier alpha value is -1.02. The van der Waals surface area contributed by atoms with Crippen molar-refractivity contribution in [3.8, 4) is 5.75 Å². The van der Waals surface area contributed by atoms with Gasteiger partial charge in [-0.1, -0.05) is 40.7 Å². The number of phenols is 1. The lowest BCUT2D eigenvalue weighted by atomic mass is 9.82. The van der Waals surface area contributed by atoms with Crippen molar-refractivity contribution in [1.29, 1.82) is 0 Å². The molecular weight excluding hydrogens is 210 g/mol. The minimum Gasteiger partial charge on any atom is -0.508 e. The quantitative estimate of drug-likeness (QED) is 0.839. The van der Waals surface area contributed by atoms with E-state index in [1.54, 1.807) is 0 Å². The van der Waals surface area contributed by atoms with Crippen LogP contribution in [0.25, 0.3) is 0 Å². The van der Waals surface area contributed by atoms with Gasteiger partial charge in [-0.05, 0) is 40.5 Å². The van der Waals surface area contributed by atoms with Gasteiger partial charge in [-0.15, -0.1) is 0 Å². The second-order valence-electron chi connectivity index (χ2n) is 5.83. The molecular formula is C15H25NO. The second-order valence-corrected chi connectivity index (χ2v) is 5.83. The summed E-state index contributed by atoms with van der Waals surface area (Å²) < 4.78 is 0. The highest BCUT2D eigenvalue weighted by atomic mass is 16.3. The Morgan fingerprint density at radius 2 is 1.88 bits per heavy atom. The van der Waals surface area contributed by atoms with E-state index < -0.39 is 0 Å². The van der Waals surface area contributed by atoms with Gasteiger partial charge in [0, 0.05) is 6.54 Å². The first-order valence-electron chi connectivity index (χ1n) is 6.37. The van der Waals surface area contributed by atoms with Gasteiger partial charge in [0.1, 0.15) is 5.75 Å². The molecule has 0 radical (unpaired) electrons. The molecule has 0 aliphatic rings. The predicted molar refractivity (Wildman–Crippen MR) is 73.4 cm³/mol. The van der Waals surface area contributed by atoms with Gasteiger partial charge in [0.15, 0.2) is 0 Å². The average Bonchev–Trinajstić information content (AvgIpc) is 2.25. The fourth-order valence-electron chi connectivity index (χ4n) is 2.10. The summed E-state index contributed by atoms with van der Waals surface area (Å²) in [5, 5.41) is 10.1. The van der Waals surface area contributed by atoms with E-state index in [1.807, 2.05) is 6.07 Å². The van der Waals surface area contributed by atoms with E-state index >= 15 is 0 Å². The number of hydrogen-bond donors (Lipinski definition) is 2. The summed E-state index contributed by atoms with van der Waals surface area (Å²) in [6, 6.07) is 3.97. The standard InChI is InChI=1S/C15H25NO/c1-6-10(2)12-8-13(15(3,4)5)14(17)7-11(12)9-16/h7-8,10,17H,6,9,16H2,1-5H3. The first-order chi connectivity index (χ1) is 7.81. The Morgan fingerprint density at radius 3 is 2.29 bits per heavy atom. The lowest BCUT2D eigenvalue weighted by Crippen LogP contribution is -2.14. The molecule has 1 rings (SSSR count). The minimum atomic E-state index is -0.0422. The maximum atomic E-state index is 10.1. The van der Waals surface area contributed by atoms with Gasteiger partial charge >= 0.3 is 0 Å². The summed E-state index contributed by atoms with van der Waals surface area (Å²) in [4.78, 5) is 0. The first kappa shape index (κ1) is 14.0. The average molecular weight is 235 g/mol. The van der Waals surface area contributed by atoms with Crippen LogP contribution in [-0.2, 0) is 12.0 Å². The lowest BCUT2D eigenvalue weighted by Gasteiger charge is -2.24. The molecule has 3 N–H and O–H groups in total. The molecule has 2 nitrogen and oxygen atoms in total. The molecule has 1 aromatic carbocycles. The van der Waals surface area contributed by atoms with Crippen molar-refractivity contribution in [3.63, 3.8) is 0 Å². The molecule has 1 atom stereocenters. The molecule has 0 aliphatic heterocycles. The Labute approximate surface area is 105 Å². The third-order valence-corrected chi connectivity index (χ3v) is 3.43. The highest BCUT2D eigenvalue weighted by Gasteiger charge is 2.21. The van der Waals surface area contributed by atoms with Crippen LogP contribution in [0.1, 0.15) is 63.6 Å². The highest BCUT2D eigenvalue weighted by molar-refractivity contribution is 5.46. The van der Waals surface area contributed by atoms with E-state index in [0.29, 0.717) is 18.2 Å². The van der Waals surface area contributed by atoms with Gasteiger partial charge in [-0.3, -0.25) is 0 Å². The van der Waals surface area contributed by atoms with E-state index in [9.17, 15) is 5.11 Å². The van der Waals surface area contributed by atoms with Crippen LogP contribution >= 0.6 is 0 Å². The molecule has 1 unspecified atom stereocenters. The summed E-state index contributed by atoms with van der Waals surface area (Å²) in [7, 11) is 0. The number of aromatic hydroxyl groups is 1. The molecule has 0 bridgehead atoms. The SMILES string of the molecule is CCC(C)c1cc(C(C)(C)C)c(O)cc1CN. The Morgan fingerprint density at radius 1 is 1.29 bits per heavy atom. The van der Waals surface area contributed by atoms with Gasteiger partial charge in [0.2, 0.25) is 0 Å². The van der Waals surface area contributed by atoms with Gasteiger partial charge in [0.25, 0.3) is 0 Å². The van der Waals surface area contributed by atoms with Gasteiger partial charge in [0.05, 0.1) is 0 Å². The van der Waals surface area contributed by atoms with Crippen molar-refractivity contribution in [2.24, 2.45) is 5.73 Å². The van der Waals surface area contributed by atoms with E-state index in [4.69, 9.17) is 5.73 Å². The maximum absolute atomic E-state index is 10.1. The molecule has 0 fully saturated rings. The Balaban J connectivity index is 3.38. The van der Waals surface area contributed by atoms with Gasteiger partial charge in [-0.25, -0.2) is 0 Å². The number of rotatable bonds is 3. The van der Waals surface area contributed by atoms with Crippen LogP contribution in [0.5, 0.6) is 5.75 Å². The fraction of sp³-hybridized carbons (Fsp3) is 0.600. The summed E-state index contributed by atoms with van der Waals surface area (Å²) in [5.74, 6) is 0.847. The molecule has 0 aromatic heterocycles. The van der Waals surface area contributed by atoms with E-state index in [0.717, 1.165) is 17.5 Å². The molecule has 0 saturated carbocycles. The highest BCUT2D eigenvalue weighted by Crippen LogP contribution is 2.35. The number of hydrogen-bond acceptors (Lipinski definition) is 2. The van der Waals surface area contributed by atoms with Crippen LogP contribution in [0, 0.1) is 0 Å². The zero-order valence-corrected chi connectivity index (χ0v) is 11.7. The van der Waals surface area contributed by atoms with Crippen molar-refractivity contribution < 1.29 is 5.11 Å². The lowest BCUT2D eigenvalue weighted by molar-refractivity contribution is 0.445. The molecule has 0 amide bonds. The molecule has 2 heteroatoms. The van der Waals surface area contributed by atoms with Crippen molar-refractivity contribution in [2.75, 3.05) is 0 Å². The predicted octanol–water partition coefficient (Wildman–Crippen LogP) is 3.66. The van der Waals surface area contributed by atoms with E-state index in [2.05, 4.69) is 40.7 Å². The zero-order chi connectivity index (χ0) is 13.2. The van der Waals surface area contributed by atoms with E-state index in [-0.39, 0.29) is 5.41 Å². The fourth-order valence-corrected chi connectivity index (χ4v) is 2.10. The van der Waals surface area contributed by atoms with Crippen LogP contribution in [0.3, 0.4) is 0 Å². The number of phenolic OH excluding ortho intramolecular Hbond substituents is 1. The molecule has 0 saturated heterocycles. The molecule has 0 aliphatic carbocycles. The zero-order valence-electron chi connectivity index (χ0n) is 11.7. The summed E-state index contributed by atoms with van der Waals surface area (Å²) >= 11 is 0. The topological polar surface area (TPSA) is 46.2 Å². The van der Waals surface area contributed by atoms with Crippen LogP contribution in [0.15, 0.2) is 12.1 Å². The largest absolute Gasteiger partial charge is 0.508 e. The summed E-state index contributed by atoms with van der Waals surface area (Å²) in [6.07, 6.45) is 1.08. The summed E-state index contributed by atoms with van der Waals surface area (Å²) in [5.41, 5.74) is 9.06. The number of nitrogens with two attached hydrogens (primary N) is 1. The van der Waals surface area contributed by atoms with Crippen LogP contribution in [-0.4, -0.2) is 5.11 Å². The molecule has 17 heavy (non-hydrogen) atoms. The van der Waals surface area contributed by atoms with Crippen LogP contribution < -0.4 is 5.73 Å². The van der Waals surface area contributed by atoms with Gasteiger partial charge < -0.3 is 10.8 Å². The molecule has 96 valence electrons. The maximum Gasteiger partial charge on any atom is 0.119 e. The third-order valence-electron chi connectivity index (χ3n) is 3.43. The Bertz CT molecular complexity index is 391.